The number of hydrogen-bond donors (Lipinski definition) is 4. The van der Waals surface area contributed by atoms with Gasteiger partial charge in [-0.15, -0.1) is 0 Å². The largest absolute Gasteiger partial charge is 0.396 e. The number of amidine groups is 1. The molecule has 0 aromatic rings. The fourth-order valence-corrected chi connectivity index (χ4v) is 3.46. The molecule has 2 aliphatic rings. The highest BCUT2D eigenvalue weighted by molar-refractivity contribution is 8.14. The molecular weight excluding hydrogens is 216 g/mol. The van der Waals surface area contributed by atoms with Gasteiger partial charge in [0.15, 0.2) is 5.17 Å². The molecule has 6 heteroatoms. The molecule has 1 saturated carbocycles. The molecule has 1 aliphatic heterocycles. The van der Waals surface area contributed by atoms with E-state index in [0.717, 1.165) is 5.17 Å². The van der Waals surface area contributed by atoms with E-state index in [2.05, 4.69) is 10.3 Å². The summed E-state index contributed by atoms with van der Waals surface area (Å²) in [4.78, 5) is 4.31. The van der Waals surface area contributed by atoms with Crippen LogP contribution in [0.5, 0.6) is 0 Å². The lowest BCUT2D eigenvalue weighted by Gasteiger charge is -2.37. The summed E-state index contributed by atoms with van der Waals surface area (Å²) in [5, 5.41) is 32.6. The third-order valence-corrected chi connectivity index (χ3v) is 4.38. The molecule has 0 aromatic heterocycles. The van der Waals surface area contributed by atoms with Crippen LogP contribution in [0.25, 0.3) is 0 Å². The SMILES string of the molecule is CNC1=N[C@H]2[C@H](O)[C@@H](O)[C@H](CO)C[C@H]2S1. The van der Waals surface area contributed by atoms with Crippen LogP contribution >= 0.6 is 11.8 Å². The number of fused-ring (bicyclic) bond motifs is 1. The van der Waals surface area contributed by atoms with Crippen molar-refractivity contribution in [2.45, 2.75) is 29.9 Å². The second-order valence-corrected chi connectivity index (χ2v) is 5.22. The molecule has 15 heavy (non-hydrogen) atoms. The normalized spacial score (nSPS) is 44.8. The number of nitrogens with zero attached hydrogens (tertiary/aromatic N) is 1. The van der Waals surface area contributed by atoms with Gasteiger partial charge in [-0.3, -0.25) is 4.99 Å². The van der Waals surface area contributed by atoms with Gasteiger partial charge < -0.3 is 20.6 Å². The van der Waals surface area contributed by atoms with E-state index in [1.54, 1.807) is 18.8 Å². The lowest BCUT2D eigenvalue weighted by Crippen LogP contribution is -2.51. The molecule has 0 aromatic carbocycles. The van der Waals surface area contributed by atoms with Gasteiger partial charge in [0.1, 0.15) is 6.10 Å². The highest BCUT2D eigenvalue weighted by atomic mass is 32.2. The van der Waals surface area contributed by atoms with E-state index >= 15 is 0 Å². The van der Waals surface area contributed by atoms with E-state index in [0.29, 0.717) is 6.42 Å². The smallest absolute Gasteiger partial charge is 0.157 e. The van der Waals surface area contributed by atoms with Crippen molar-refractivity contribution in [2.24, 2.45) is 10.9 Å². The van der Waals surface area contributed by atoms with Gasteiger partial charge in [-0.25, -0.2) is 0 Å². The van der Waals surface area contributed by atoms with Crippen LogP contribution in [0.15, 0.2) is 4.99 Å². The van der Waals surface area contributed by atoms with Gasteiger partial charge in [0.05, 0.1) is 12.1 Å². The summed E-state index contributed by atoms with van der Waals surface area (Å²) in [6.07, 6.45) is -1.03. The summed E-state index contributed by atoms with van der Waals surface area (Å²) < 4.78 is 0. The van der Waals surface area contributed by atoms with E-state index < -0.39 is 12.2 Å². The summed E-state index contributed by atoms with van der Waals surface area (Å²) in [5.74, 6) is -0.236. The zero-order valence-corrected chi connectivity index (χ0v) is 9.31. The first-order chi connectivity index (χ1) is 7.17. The summed E-state index contributed by atoms with van der Waals surface area (Å²) in [5.41, 5.74) is 0. The molecule has 2 rings (SSSR count). The molecule has 1 aliphatic carbocycles. The minimum atomic E-state index is -0.864. The number of aliphatic hydroxyl groups excluding tert-OH is 3. The lowest BCUT2D eigenvalue weighted by atomic mass is 9.81. The van der Waals surface area contributed by atoms with Crippen LogP contribution in [0.1, 0.15) is 6.42 Å². The minimum Gasteiger partial charge on any atom is -0.396 e. The van der Waals surface area contributed by atoms with Crippen molar-refractivity contribution < 1.29 is 15.3 Å². The number of hydrogen-bond acceptors (Lipinski definition) is 6. The second kappa shape index (κ2) is 4.29. The first-order valence-electron chi connectivity index (χ1n) is 5.06. The van der Waals surface area contributed by atoms with Crippen molar-refractivity contribution in [3.63, 3.8) is 0 Å². The number of rotatable bonds is 1. The van der Waals surface area contributed by atoms with Crippen LogP contribution in [0.3, 0.4) is 0 Å². The maximum atomic E-state index is 9.85. The number of nitrogens with one attached hydrogen (secondary N) is 1. The highest BCUT2D eigenvalue weighted by Gasteiger charge is 2.46. The Morgan fingerprint density at radius 2 is 2.20 bits per heavy atom. The van der Waals surface area contributed by atoms with E-state index in [1.807, 2.05) is 0 Å². The molecule has 0 unspecified atom stereocenters. The summed E-state index contributed by atoms with van der Waals surface area (Å²) in [7, 11) is 1.79. The number of aliphatic imine (C=N–C) groups is 1. The van der Waals surface area contributed by atoms with Gasteiger partial charge in [-0.2, -0.15) is 0 Å². The predicted molar refractivity (Wildman–Crippen MR) is 58.9 cm³/mol. The Labute approximate surface area is 92.6 Å². The average Bonchev–Trinajstić information content (AvgIpc) is 2.66. The molecule has 5 nitrogen and oxygen atoms in total. The summed E-state index contributed by atoms with van der Waals surface area (Å²) in [6, 6.07) is -0.241. The Bertz CT molecular complexity index is 274. The van der Waals surface area contributed by atoms with Gasteiger partial charge in [0.25, 0.3) is 0 Å². The maximum Gasteiger partial charge on any atom is 0.157 e. The van der Waals surface area contributed by atoms with Crippen molar-refractivity contribution in [3.8, 4) is 0 Å². The first kappa shape index (κ1) is 11.2. The molecule has 1 heterocycles. The van der Waals surface area contributed by atoms with Crippen LogP contribution in [-0.2, 0) is 0 Å². The average molecular weight is 232 g/mol. The molecule has 0 amide bonds. The monoisotopic (exact) mass is 232 g/mol. The van der Waals surface area contributed by atoms with Gasteiger partial charge in [0.2, 0.25) is 0 Å². The first-order valence-corrected chi connectivity index (χ1v) is 5.94. The zero-order chi connectivity index (χ0) is 11.0. The van der Waals surface area contributed by atoms with Gasteiger partial charge in [-0.05, 0) is 6.42 Å². The molecule has 86 valence electrons. The Morgan fingerprint density at radius 1 is 1.47 bits per heavy atom. The van der Waals surface area contributed by atoms with Gasteiger partial charge in [-0.1, -0.05) is 11.8 Å². The van der Waals surface area contributed by atoms with Crippen LogP contribution in [0.4, 0.5) is 0 Å². The van der Waals surface area contributed by atoms with E-state index in [1.165, 1.54) is 0 Å². The fourth-order valence-electron chi connectivity index (χ4n) is 2.17. The van der Waals surface area contributed by atoms with Crippen molar-refractivity contribution >= 4 is 16.9 Å². The second-order valence-electron chi connectivity index (χ2n) is 3.99. The molecule has 1 fully saturated rings. The standard InChI is InChI=1S/C9H16N2O3S/c1-10-9-11-6-5(15-9)2-4(3-12)7(13)8(6)14/h4-8,12-14H,2-3H2,1H3,(H,10,11)/t4-,5+,6+,7-,8-/m0/s1. The summed E-state index contributed by atoms with van der Waals surface area (Å²) in [6.45, 7) is -0.0864. The van der Waals surface area contributed by atoms with Crippen molar-refractivity contribution in [2.75, 3.05) is 13.7 Å². The Kier molecular flexibility index (Phi) is 3.20. The molecule has 0 spiro atoms. The Morgan fingerprint density at radius 3 is 2.80 bits per heavy atom. The van der Waals surface area contributed by atoms with E-state index in [9.17, 15) is 10.2 Å². The molecule has 4 N–H and O–H groups in total. The molecule has 0 radical (unpaired) electrons. The zero-order valence-electron chi connectivity index (χ0n) is 8.50. The molecule has 5 atom stereocenters. The van der Waals surface area contributed by atoms with Crippen molar-refractivity contribution in [1.82, 2.24) is 5.32 Å². The highest BCUT2D eigenvalue weighted by Crippen LogP contribution is 2.39. The quantitative estimate of drug-likeness (QED) is 0.455. The van der Waals surface area contributed by atoms with Crippen molar-refractivity contribution in [3.05, 3.63) is 0 Å². The number of aliphatic hydroxyl groups is 3. The lowest BCUT2D eigenvalue weighted by molar-refractivity contribution is -0.0646. The van der Waals surface area contributed by atoms with Crippen LogP contribution in [0.2, 0.25) is 0 Å². The van der Waals surface area contributed by atoms with Gasteiger partial charge >= 0.3 is 0 Å². The minimum absolute atomic E-state index is 0.0864. The predicted octanol–water partition coefficient (Wildman–Crippen LogP) is -1.22. The van der Waals surface area contributed by atoms with E-state index in [-0.39, 0.29) is 23.8 Å². The topological polar surface area (TPSA) is 85.1 Å². The van der Waals surface area contributed by atoms with E-state index in [4.69, 9.17) is 5.11 Å². The molecule has 0 bridgehead atoms. The van der Waals surface area contributed by atoms with Crippen LogP contribution in [0, 0.1) is 5.92 Å². The number of thioether (sulfide) groups is 1. The van der Waals surface area contributed by atoms with Crippen LogP contribution < -0.4 is 5.32 Å². The molecular formula is C9H16N2O3S. The maximum absolute atomic E-state index is 9.85. The third kappa shape index (κ3) is 1.87. The fraction of sp³-hybridized carbons (Fsp3) is 0.889. The molecule has 0 saturated heterocycles. The Balaban J connectivity index is 2.12. The van der Waals surface area contributed by atoms with Gasteiger partial charge in [0, 0.05) is 24.8 Å². The van der Waals surface area contributed by atoms with Crippen molar-refractivity contribution in [1.29, 1.82) is 0 Å². The third-order valence-electron chi connectivity index (χ3n) is 3.08. The van der Waals surface area contributed by atoms with Crippen LogP contribution in [-0.4, -0.2) is 57.6 Å². The summed E-state index contributed by atoms with van der Waals surface area (Å²) >= 11 is 1.58. The Hall–Kier alpha value is -0.300.